The fourth-order valence-electron chi connectivity index (χ4n) is 3.20. The highest BCUT2D eigenvalue weighted by molar-refractivity contribution is 5.73. The molecule has 0 saturated carbocycles. The van der Waals surface area contributed by atoms with E-state index in [4.69, 9.17) is 10.5 Å². The number of fused-ring (bicyclic) bond motifs is 1. The van der Waals surface area contributed by atoms with Gasteiger partial charge in [-0.05, 0) is 30.4 Å². The zero-order valence-electron chi connectivity index (χ0n) is 11.3. The molecule has 94 valence electrons. The maximum Gasteiger partial charge on any atom is 0.311 e. The second-order valence-corrected chi connectivity index (χ2v) is 5.98. The van der Waals surface area contributed by atoms with Gasteiger partial charge in [-0.15, -0.1) is 0 Å². The van der Waals surface area contributed by atoms with Crippen molar-refractivity contribution < 1.29 is 9.53 Å². The van der Waals surface area contributed by atoms with E-state index < -0.39 is 0 Å². The van der Waals surface area contributed by atoms with E-state index in [2.05, 4.69) is 20.8 Å². The van der Waals surface area contributed by atoms with E-state index in [1.807, 2.05) is 13.8 Å². The van der Waals surface area contributed by atoms with Crippen molar-refractivity contribution in [1.82, 2.24) is 0 Å². The fourth-order valence-corrected chi connectivity index (χ4v) is 3.20. The molecular formula is C14H21NO2. The van der Waals surface area contributed by atoms with Crippen LogP contribution >= 0.6 is 0 Å². The first kappa shape index (κ1) is 12.2. The van der Waals surface area contributed by atoms with E-state index in [9.17, 15) is 4.79 Å². The van der Waals surface area contributed by atoms with Gasteiger partial charge in [-0.1, -0.05) is 20.8 Å². The Morgan fingerprint density at radius 2 is 1.88 bits per heavy atom. The maximum atomic E-state index is 11.7. The van der Waals surface area contributed by atoms with Gasteiger partial charge in [0.1, 0.15) is 5.76 Å². The summed E-state index contributed by atoms with van der Waals surface area (Å²) in [5, 5.41) is 0. The second-order valence-electron chi connectivity index (χ2n) is 5.98. The minimum Gasteiger partial charge on any atom is -0.430 e. The summed E-state index contributed by atoms with van der Waals surface area (Å²) in [5.41, 5.74) is 9.12. The van der Waals surface area contributed by atoms with Crippen LogP contribution in [0.3, 0.4) is 0 Å². The minimum absolute atomic E-state index is 0.0866. The van der Waals surface area contributed by atoms with Gasteiger partial charge in [-0.2, -0.15) is 0 Å². The smallest absolute Gasteiger partial charge is 0.311 e. The molecule has 2 unspecified atom stereocenters. The minimum atomic E-state index is -0.124. The van der Waals surface area contributed by atoms with E-state index in [1.54, 1.807) is 0 Å². The van der Waals surface area contributed by atoms with Gasteiger partial charge in [0, 0.05) is 17.5 Å². The van der Waals surface area contributed by atoms with Gasteiger partial charge in [0.05, 0.1) is 6.42 Å². The van der Waals surface area contributed by atoms with E-state index in [-0.39, 0.29) is 23.2 Å². The quantitative estimate of drug-likeness (QED) is 0.657. The van der Waals surface area contributed by atoms with E-state index in [1.165, 1.54) is 0 Å². The highest BCUT2D eigenvalue weighted by atomic mass is 16.5. The molecule has 1 heterocycles. The molecule has 17 heavy (non-hydrogen) atoms. The summed E-state index contributed by atoms with van der Waals surface area (Å²) in [6.07, 6.45) is 0.463. The van der Waals surface area contributed by atoms with Crippen molar-refractivity contribution >= 4 is 5.97 Å². The van der Waals surface area contributed by atoms with Crippen LogP contribution in [0.1, 0.15) is 41.0 Å². The summed E-state index contributed by atoms with van der Waals surface area (Å²) in [4.78, 5) is 11.7. The molecule has 0 aromatic rings. The van der Waals surface area contributed by atoms with Crippen LogP contribution in [0.15, 0.2) is 22.6 Å². The Morgan fingerprint density at radius 3 is 2.47 bits per heavy atom. The predicted octanol–water partition coefficient (Wildman–Crippen LogP) is 2.73. The van der Waals surface area contributed by atoms with Crippen molar-refractivity contribution in [1.29, 1.82) is 0 Å². The molecule has 0 aromatic carbocycles. The Balaban J connectivity index is 2.58. The van der Waals surface area contributed by atoms with Crippen molar-refractivity contribution in [3.63, 3.8) is 0 Å². The van der Waals surface area contributed by atoms with Crippen LogP contribution in [0, 0.1) is 17.3 Å². The Hall–Kier alpha value is -1.25. The van der Waals surface area contributed by atoms with Gasteiger partial charge in [0.15, 0.2) is 0 Å². The summed E-state index contributed by atoms with van der Waals surface area (Å²) in [7, 11) is 0. The first-order valence-electron chi connectivity index (χ1n) is 6.13. The van der Waals surface area contributed by atoms with Gasteiger partial charge < -0.3 is 10.5 Å². The van der Waals surface area contributed by atoms with Crippen LogP contribution in [0.2, 0.25) is 0 Å². The van der Waals surface area contributed by atoms with E-state index >= 15 is 0 Å². The van der Waals surface area contributed by atoms with Gasteiger partial charge in [0.25, 0.3) is 0 Å². The molecule has 1 aliphatic carbocycles. The molecule has 1 aliphatic heterocycles. The van der Waals surface area contributed by atoms with Crippen molar-refractivity contribution in [3.8, 4) is 0 Å². The average molecular weight is 235 g/mol. The predicted molar refractivity (Wildman–Crippen MR) is 66.7 cm³/mol. The highest BCUT2D eigenvalue weighted by Gasteiger charge is 2.47. The van der Waals surface area contributed by atoms with E-state index in [0.29, 0.717) is 6.42 Å². The number of hydrogen-bond acceptors (Lipinski definition) is 3. The molecule has 2 rings (SSSR count). The Kier molecular flexibility index (Phi) is 2.60. The first-order chi connectivity index (χ1) is 7.75. The van der Waals surface area contributed by atoms with Gasteiger partial charge >= 0.3 is 5.97 Å². The number of nitrogens with two attached hydrogens (primary N) is 1. The number of carbonyl (C=O) groups excluding carboxylic acids is 1. The van der Waals surface area contributed by atoms with Crippen molar-refractivity contribution in [2.75, 3.05) is 0 Å². The van der Waals surface area contributed by atoms with Gasteiger partial charge in [-0.3, -0.25) is 4.79 Å². The lowest BCUT2D eigenvalue weighted by atomic mass is 9.64. The lowest BCUT2D eigenvalue weighted by molar-refractivity contribution is -0.150. The maximum absolute atomic E-state index is 11.7. The highest BCUT2D eigenvalue weighted by Crippen LogP contribution is 2.50. The lowest BCUT2D eigenvalue weighted by Gasteiger charge is -2.45. The normalized spacial score (nSPS) is 32.4. The topological polar surface area (TPSA) is 52.3 Å². The van der Waals surface area contributed by atoms with Crippen LogP contribution in [-0.4, -0.2) is 5.97 Å². The van der Waals surface area contributed by atoms with Crippen LogP contribution in [-0.2, 0) is 9.53 Å². The zero-order chi connectivity index (χ0) is 13.0. The van der Waals surface area contributed by atoms with Crippen molar-refractivity contribution in [2.45, 2.75) is 41.0 Å². The molecule has 0 radical (unpaired) electrons. The SMILES string of the molecule is CC1=C(N)C(C)C2C(=C1C)OC(=O)CC2(C)C. The molecule has 1 fully saturated rings. The lowest BCUT2D eigenvalue weighted by Crippen LogP contribution is -2.43. The van der Waals surface area contributed by atoms with Crippen LogP contribution in [0.5, 0.6) is 0 Å². The fraction of sp³-hybridized carbons (Fsp3) is 0.643. The van der Waals surface area contributed by atoms with Gasteiger partial charge in [-0.25, -0.2) is 0 Å². The summed E-state index contributed by atoms with van der Waals surface area (Å²) >= 11 is 0. The Bertz CT molecular complexity index is 443. The number of esters is 1. The third kappa shape index (κ3) is 1.68. The first-order valence-corrected chi connectivity index (χ1v) is 6.13. The number of allylic oxidation sites excluding steroid dienone is 4. The summed E-state index contributed by atoms with van der Waals surface area (Å²) < 4.78 is 5.48. The molecule has 3 heteroatoms. The molecular weight excluding hydrogens is 214 g/mol. The largest absolute Gasteiger partial charge is 0.430 e. The molecule has 2 N–H and O–H groups in total. The third-order valence-corrected chi connectivity index (χ3v) is 4.30. The monoisotopic (exact) mass is 235 g/mol. The molecule has 0 bridgehead atoms. The molecule has 3 nitrogen and oxygen atoms in total. The molecule has 2 aliphatic rings. The number of hydrogen-bond donors (Lipinski definition) is 1. The van der Waals surface area contributed by atoms with Gasteiger partial charge in [0.2, 0.25) is 0 Å². The van der Waals surface area contributed by atoms with Crippen LogP contribution in [0.25, 0.3) is 0 Å². The van der Waals surface area contributed by atoms with E-state index in [0.717, 1.165) is 22.6 Å². The summed E-state index contributed by atoms with van der Waals surface area (Å²) in [6.45, 7) is 10.4. The summed E-state index contributed by atoms with van der Waals surface area (Å²) in [5.74, 6) is 1.16. The standard InChI is InChI=1S/C14H21NO2/c1-7-8(2)13-11(9(3)12(7)15)14(4,5)6-10(16)17-13/h9,11H,6,15H2,1-5H3. The van der Waals surface area contributed by atoms with Crippen LogP contribution in [0.4, 0.5) is 0 Å². The molecule has 0 amide bonds. The Labute approximate surface area is 103 Å². The Morgan fingerprint density at radius 1 is 1.29 bits per heavy atom. The molecule has 2 atom stereocenters. The second kappa shape index (κ2) is 3.62. The number of ether oxygens (including phenoxy) is 1. The number of carbonyl (C=O) groups is 1. The molecule has 0 spiro atoms. The molecule has 1 saturated heterocycles. The van der Waals surface area contributed by atoms with Crippen LogP contribution < -0.4 is 5.73 Å². The molecule has 0 aromatic heterocycles. The van der Waals surface area contributed by atoms with Crippen molar-refractivity contribution in [3.05, 3.63) is 22.6 Å². The van der Waals surface area contributed by atoms with Crippen molar-refractivity contribution in [2.24, 2.45) is 23.0 Å². The third-order valence-electron chi connectivity index (χ3n) is 4.30. The summed E-state index contributed by atoms with van der Waals surface area (Å²) in [6, 6.07) is 0. The zero-order valence-corrected chi connectivity index (χ0v) is 11.3. The average Bonchev–Trinajstić information content (AvgIpc) is 2.21. The number of rotatable bonds is 0.